The van der Waals surface area contributed by atoms with E-state index in [2.05, 4.69) is 13.0 Å². The summed E-state index contributed by atoms with van der Waals surface area (Å²) in [6.45, 7) is 10.0. The van der Waals surface area contributed by atoms with Crippen LogP contribution in [0.3, 0.4) is 0 Å². The van der Waals surface area contributed by atoms with Gasteiger partial charge < -0.3 is 4.74 Å². The zero-order valence-corrected chi connectivity index (χ0v) is 10.9. The summed E-state index contributed by atoms with van der Waals surface area (Å²) < 4.78 is 5.62. The largest absolute Gasteiger partial charge is 0.489 e. The van der Waals surface area contributed by atoms with Gasteiger partial charge in [-0.15, -0.1) is 0 Å². The fraction of sp³-hybridized carbons (Fsp3) is 0.500. The Morgan fingerprint density at radius 1 is 1.38 bits per heavy atom. The molecular weight excluding hydrogens is 198 g/mol. The number of rotatable bonds is 3. The molecule has 0 fully saturated rings. The molecule has 0 heterocycles. The fourth-order valence-corrected chi connectivity index (χ4v) is 1.13. The minimum Gasteiger partial charge on any atom is -0.489 e. The van der Waals surface area contributed by atoms with Gasteiger partial charge in [-0.1, -0.05) is 26.8 Å². The van der Waals surface area contributed by atoms with E-state index in [1.807, 2.05) is 45.9 Å². The Bertz CT molecular complexity index is 352. The third kappa shape index (κ3) is 4.35. The topological polar surface area (TPSA) is 33.0 Å². The van der Waals surface area contributed by atoms with Crippen LogP contribution < -0.4 is 4.74 Å². The third-order valence-electron chi connectivity index (χ3n) is 2.16. The van der Waals surface area contributed by atoms with Crippen molar-refractivity contribution in [3.63, 3.8) is 0 Å². The zero-order chi connectivity index (χ0) is 12.6. The molecular formula is C14H21NO. The van der Waals surface area contributed by atoms with Gasteiger partial charge in [0.1, 0.15) is 11.8 Å². The maximum atomic E-state index is 8.90. The van der Waals surface area contributed by atoms with Gasteiger partial charge in [-0.05, 0) is 38.0 Å². The first kappa shape index (κ1) is 14.5. The van der Waals surface area contributed by atoms with Gasteiger partial charge in [0.25, 0.3) is 0 Å². The smallest absolute Gasteiger partial charge is 0.137 e. The van der Waals surface area contributed by atoms with Gasteiger partial charge in [0, 0.05) is 0 Å². The van der Waals surface area contributed by atoms with Crippen molar-refractivity contribution >= 4 is 0 Å². The molecule has 0 aliphatic heterocycles. The first-order valence-electron chi connectivity index (χ1n) is 5.84. The molecule has 0 aliphatic carbocycles. The predicted molar refractivity (Wildman–Crippen MR) is 67.6 cm³/mol. The molecule has 0 amide bonds. The number of ether oxygens (including phenoxy) is 1. The van der Waals surface area contributed by atoms with Gasteiger partial charge >= 0.3 is 0 Å². The third-order valence-corrected chi connectivity index (χ3v) is 2.16. The van der Waals surface area contributed by atoms with Crippen LogP contribution in [-0.2, 0) is 0 Å². The van der Waals surface area contributed by atoms with Gasteiger partial charge in [-0.2, -0.15) is 5.26 Å². The molecule has 16 heavy (non-hydrogen) atoms. The fourth-order valence-electron chi connectivity index (χ4n) is 1.13. The van der Waals surface area contributed by atoms with E-state index in [-0.39, 0.29) is 6.10 Å². The highest BCUT2D eigenvalue weighted by Crippen LogP contribution is 2.20. The van der Waals surface area contributed by atoms with Crippen molar-refractivity contribution in [1.29, 1.82) is 5.26 Å². The number of benzene rings is 1. The first-order valence-corrected chi connectivity index (χ1v) is 5.84. The van der Waals surface area contributed by atoms with Crippen LogP contribution in [0.4, 0.5) is 0 Å². The molecule has 0 bridgehead atoms. The van der Waals surface area contributed by atoms with Gasteiger partial charge in [0.15, 0.2) is 0 Å². The lowest BCUT2D eigenvalue weighted by atomic mass is 10.1. The Morgan fingerprint density at radius 2 is 2.00 bits per heavy atom. The van der Waals surface area contributed by atoms with Crippen molar-refractivity contribution in [3.05, 3.63) is 29.3 Å². The molecule has 0 saturated carbocycles. The van der Waals surface area contributed by atoms with Crippen LogP contribution in [0.1, 0.15) is 45.2 Å². The van der Waals surface area contributed by atoms with E-state index in [1.54, 1.807) is 0 Å². The number of aryl methyl sites for hydroxylation is 1. The van der Waals surface area contributed by atoms with Gasteiger partial charge in [-0.3, -0.25) is 0 Å². The van der Waals surface area contributed by atoms with Crippen molar-refractivity contribution in [3.8, 4) is 11.8 Å². The highest BCUT2D eigenvalue weighted by atomic mass is 16.5. The van der Waals surface area contributed by atoms with E-state index >= 15 is 0 Å². The highest BCUT2D eigenvalue weighted by Gasteiger charge is 2.06. The summed E-state index contributed by atoms with van der Waals surface area (Å²) in [5.74, 6) is 0.687. The lowest BCUT2D eigenvalue weighted by Crippen LogP contribution is -2.10. The van der Waals surface area contributed by atoms with E-state index in [4.69, 9.17) is 10.00 Å². The van der Waals surface area contributed by atoms with Crippen LogP contribution in [-0.4, -0.2) is 6.10 Å². The number of nitriles is 1. The van der Waals surface area contributed by atoms with Crippen molar-refractivity contribution < 1.29 is 4.74 Å². The summed E-state index contributed by atoms with van der Waals surface area (Å²) >= 11 is 0. The molecule has 1 atom stereocenters. The Labute approximate surface area is 98.9 Å². The molecule has 0 spiro atoms. The van der Waals surface area contributed by atoms with E-state index in [0.717, 1.165) is 12.0 Å². The normalized spacial score (nSPS) is 10.8. The highest BCUT2D eigenvalue weighted by molar-refractivity contribution is 5.45. The monoisotopic (exact) mass is 219 g/mol. The summed E-state index contributed by atoms with van der Waals surface area (Å²) in [4.78, 5) is 0. The van der Waals surface area contributed by atoms with Crippen LogP contribution in [0.2, 0.25) is 0 Å². The molecule has 1 aromatic carbocycles. The molecule has 0 aliphatic rings. The van der Waals surface area contributed by atoms with Crippen molar-refractivity contribution in [2.75, 3.05) is 0 Å². The second-order valence-electron chi connectivity index (χ2n) is 3.45. The second kappa shape index (κ2) is 7.76. The van der Waals surface area contributed by atoms with E-state index in [1.165, 1.54) is 0 Å². The summed E-state index contributed by atoms with van der Waals surface area (Å²) in [5.41, 5.74) is 1.70. The van der Waals surface area contributed by atoms with Crippen LogP contribution in [0.25, 0.3) is 0 Å². The molecule has 2 heteroatoms. The number of hydrogen-bond donors (Lipinski definition) is 0. The summed E-state index contributed by atoms with van der Waals surface area (Å²) in [6.07, 6.45) is 1.10. The Hall–Kier alpha value is -1.49. The Morgan fingerprint density at radius 3 is 2.50 bits per heavy atom. The minimum atomic E-state index is 0.157. The standard InChI is InChI=1S/C12H15NO.C2H6/c1-4-10(3)14-12-6-5-9(2)7-11(12)8-13;1-2/h5-7,10H,4H2,1-3H3;1-2H3. The molecule has 0 N–H and O–H groups in total. The van der Waals surface area contributed by atoms with Crippen molar-refractivity contribution in [1.82, 2.24) is 0 Å². The lowest BCUT2D eigenvalue weighted by molar-refractivity contribution is 0.217. The zero-order valence-electron chi connectivity index (χ0n) is 10.9. The maximum absolute atomic E-state index is 8.90. The van der Waals surface area contributed by atoms with Crippen LogP contribution >= 0.6 is 0 Å². The quantitative estimate of drug-likeness (QED) is 0.767. The van der Waals surface area contributed by atoms with Gasteiger partial charge in [-0.25, -0.2) is 0 Å². The number of hydrogen-bond acceptors (Lipinski definition) is 2. The molecule has 88 valence electrons. The summed E-state index contributed by atoms with van der Waals surface area (Å²) in [6, 6.07) is 7.80. The average molecular weight is 219 g/mol. The second-order valence-corrected chi connectivity index (χ2v) is 3.45. The van der Waals surface area contributed by atoms with E-state index < -0.39 is 0 Å². The Kier molecular flexibility index (Phi) is 7.03. The summed E-state index contributed by atoms with van der Waals surface area (Å²) in [7, 11) is 0. The molecule has 1 aromatic rings. The van der Waals surface area contributed by atoms with Crippen LogP contribution in [0.5, 0.6) is 5.75 Å². The molecule has 0 radical (unpaired) electrons. The van der Waals surface area contributed by atoms with Crippen LogP contribution in [0.15, 0.2) is 18.2 Å². The van der Waals surface area contributed by atoms with Gasteiger partial charge in [0.05, 0.1) is 11.7 Å². The molecule has 1 rings (SSSR count). The van der Waals surface area contributed by atoms with Gasteiger partial charge in [0.2, 0.25) is 0 Å². The average Bonchev–Trinajstić information content (AvgIpc) is 2.33. The maximum Gasteiger partial charge on any atom is 0.137 e. The SMILES string of the molecule is CC.CCC(C)Oc1ccc(C)cc1C#N. The summed E-state index contributed by atoms with van der Waals surface area (Å²) in [5, 5.41) is 8.90. The predicted octanol–water partition coefficient (Wildman–Crippen LogP) is 4.07. The van der Waals surface area contributed by atoms with Crippen molar-refractivity contribution in [2.45, 2.75) is 47.1 Å². The first-order chi connectivity index (χ1) is 7.67. The van der Waals surface area contributed by atoms with Crippen LogP contribution in [0, 0.1) is 18.3 Å². The molecule has 1 unspecified atom stereocenters. The minimum absolute atomic E-state index is 0.157. The lowest BCUT2D eigenvalue weighted by Gasteiger charge is -2.13. The Balaban J connectivity index is 0.00000106. The molecule has 0 aromatic heterocycles. The van der Waals surface area contributed by atoms with E-state index in [9.17, 15) is 0 Å². The molecule has 0 saturated heterocycles. The van der Waals surface area contributed by atoms with Crippen molar-refractivity contribution in [2.24, 2.45) is 0 Å². The van der Waals surface area contributed by atoms with E-state index in [0.29, 0.717) is 11.3 Å². The number of nitrogens with zero attached hydrogens (tertiary/aromatic N) is 1. The molecule has 2 nitrogen and oxygen atoms in total.